The van der Waals surface area contributed by atoms with E-state index in [-0.39, 0.29) is 29.8 Å². The lowest BCUT2D eigenvalue weighted by molar-refractivity contribution is 0.0949. The predicted molar refractivity (Wildman–Crippen MR) is 133 cm³/mol. The van der Waals surface area contributed by atoms with Crippen molar-refractivity contribution in [2.45, 2.75) is 42.2 Å². The molecular weight excluding hydrogens is 500 g/mol. The topological polar surface area (TPSA) is 139 Å². The summed E-state index contributed by atoms with van der Waals surface area (Å²) in [5.41, 5.74) is 0.563. The Kier molecular flexibility index (Phi) is 5.59. The number of amides is 1. The highest BCUT2D eigenvalue weighted by molar-refractivity contribution is 7.94. The molecule has 1 N–H and O–H groups in total. The third kappa shape index (κ3) is 4.18. The third-order valence-electron chi connectivity index (χ3n) is 7.14. The number of hydrogen-bond donors (Lipinski definition) is 1. The van der Waals surface area contributed by atoms with E-state index in [1.54, 1.807) is 12.1 Å². The van der Waals surface area contributed by atoms with Crippen LogP contribution in [-0.4, -0.2) is 58.9 Å². The van der Waals surface area contributed by atoms with Crippen LogP contribution in [0, 0.1) is 0 Å². The summed E-state index contributed by atoms with van der Waals surface area (Å²) in [6, 6.07) is 6.85. The number of hydrogen-bond acceptors (Lipinski definition) is 9. The highest BCUT2D eigenvalue weighted by atomic mass is 32.2. The van der Waals surface area contributed by atoms with E-state index in [0.717, 1.165) is 5.56 Å². The van der Waals surface area contributed by atoms with Gasteiger partial charge < -0.3 is 24.1 Å². The van der Waals surface area contributed by atoms with Crippen LogP contribution >= 0.6 is 0 Å². The molecule has 0 bridgehead atoms. The molecule has 2 saturated carbocycles. The molecule has 3 aromatic rings. The smallest absolute Gasteiger partial charge is 0.263 e. The summed E-state index contributed by atoms with van der Waals surface area (Å²) >= 11 is 0. The van der Waals surface area contributed by atoms with Crippen molar-refractivity contribution >= 4 is 26.6 Å². The lowest BCUT2D eigenvalue weighted by Crippen LogP contribution is -2.34. The standard InChI is InChI=1S/C25H26N4O7S/c1-29-21-16(13-27-28-23(21)36-14-25(6-7-25)37(32,33)17-3-4-17)11-18(24(29)31)22(30)26-12-15-2-5-19-20(10-15)35-9-8-34-19/h2,5,10-11,13,17H,3-4,6-9,12,14H2,1H3,(H,26,30). The van der Waals surface area contributed by atoms with Gasteiger partial charge in [0.15, 0.2) is 21.3 Å². The molecule has 0 unspecified atom stereocenters. The number of nitrogens with one attached hydrogen (secondary N) is 1. The summed E-state index contributed by atoms with van der Waals surface area (Å²) in [6.45, 7) is 1.11. The van der Waals surface area contributed by atoms with Crippen molar-refractivity contribution in [3.05, 3.63) is 51.9 Å². The molecule has 0 saturated heterocycles. The second-order valence-corrected chi connectivity index (χ2v) is 12.4. The largest absolute Gasteiger partial charge is 0.486 e. The van der Waals surface area contributed by atoms with Gasteiger partial charge in [-0.2, -0.15) is 5.10 Å². The molecule has 1 aromatic carbocycles. The van der Waals surface area contributed by atoms with Crippen molar-refractivity contribution in [3.63, 3.8) is 0 Å². The Balaban J connectivity index is 1.22. The zero-order valence-corrected chi connectivity index (χ0v) is 21.0. The first-order valence-electron chi connectivity index (χ1n) is 12.2. The van der Waals surface area contributed by atoms with Crippen molar-refractivity contribution in [2.24, 2.45) is 7.05 Å². The number of sulfone groups is 1. The highest BCUT2D eigenvalue weighted by Gasteiger charge is 2.60. The van der Waals surface area contributed by atoms with Gasteiger partial charge in [0.1, 0.15) is 35.6 Å². The van der Waals surface area contributed by atoms with Crippen molar-refractivity contribution in [1.82, 2.24) is 20.1 Å². The van der Waals surface area contributed by atoms with Gasteiger partial charge in [-0.05, 0) is 49.4 Å². The minimum Gasteiger partial charge on any atom is -0.486 e. The fraction of sp³-hybridized carbons (Fsp3) is 0.440. The zero-order valence-electron chi connectivity index (χ0n) is 20.2. The van der Waals surface area contributed by atoms with E-state index < -0.39 is 26.1 Å². The molecule has 12 heteroatoms. The monoisotopic (exact) mass is 526 g/mol. The van der Waals surface area contributed by atoms with Crippen molar-refractivity contribution in [1.29, 1.82) is 0 Å². The Morgan fingerprint density at radius 3 is 2.68 bits per heavy atom. The molecule has 2 aliphatic carbocycles. The van der Waals surface area contributed by atoms with Crippen molar-refractivity contribution in [3.8, 4) is 17.4 Å². The maximum Gasteiger partial charge on any atom is 0.263 e. The number of nitrogens with zero attached hydrogens (tertiary/aromatic N) is 3. The van der Waals surface area contributed by atoms with E-state index in [9.17, 15) is 18.0 Å². The number of rotatable bonds is 8. The van der Waals surface area contributed by atoms with E-state index in [1.165, 1.54) is 23.9 Å². The number of ether oxygens (including phenoxy) is 3. The Bertz CT molecular complexity index is 1580. The lowest BCUT2D eigenvalue weighted by atomic mass is 10.1. The zero-order chi connectivity index (χ0) is 25.8. The van der Waals surface area contributed by atoms with Gasteiger partial charge in [0.05, 0.1) is 11.4 Å². The van der Waals surface area contributed by atoms with Crippen LogP contribution in [0.2, 0.25) is 0 Å². The second kappa shape index (κ2) is 8.72. The normalized spacial score (nSPS) is 17.9. The first-order chi connectivity index (χ1) is 17.8. The molecule has 1 aliphatic heterocycles. The van der Waals surface area contributed by atoms with Gasteiger partial charge in [-0.15, -0.1) is 5.10 Å². The van der Waals surface area contributed by atoms with E-state index in [2.05, 4.69) is 15.5 Å². The summed E-state index contributed by atoms with van der Waals surface area (Å²) in [7, 11) is -1.74. The van der Waals surface area contributed by atoms with Crippen LogP contribution in [0.5, 0.6) is 17.4 Å². The highest BCUT2D eigenvalue weighted by Crippen LogP contribution is 2.50. The molecule has 2 fully saturated rings. The molecule has 1 amide bonds. The molecule has 194 valence electrons. The maximum absolute atomic E-state index is 13.1. The Morgan fingerprint density at radius 1 is 1.19 bits per heavy atom. The van der Waals surface area contributed by atoms with Gasteiger partial charge in [-0.3, -0.25) is 9.59 Å². The summed E-state index contributed by atoms with van der Waals surface area (Å²) in [5.74, 6) is 0.798. The first kappa shape index (κ1) is 23.7. The summed E-state index contributed by atoms with van der Waals surface area (Å²) in [4.78, 5) is 26.1. The quantitative estimate of drug-likeness (QED) is 0.463. The average Bonchev–Trinajstić information content (AvgIpc) is 3.82. The Labute approximate surface area is 212 Å². The molecule has 0 radical (unpaired) electrons. The molecule has 6 rings (SSSR count). The second-order valence-electron chi connectivity index (χ2n) is 9.75. The molecule has 0 atom stereocenters. The molecule has 0 spiro atoms. The van der Waals surface area contributed by atoms with E-state index >= 15 is 0 Å². The summed E-state index contributed by atoms with van der Waals surface area (Å²) < 4.78 is 43.0. The fourth-order valence-corrected chi connectivity index (χ4v) is 6.99. The van der Waals surface area contributed by atoms with Crippen LogP contribution in [0.4, 0.5) is 0 Å². The van der Waals surface area contributed by atoms with E-state index in [0.29, 0.717) is 61.3 Å². The maximum atomic E-state index is 13.1. The summed E-state index contributed by atoms with van der Waals surface area (Å²) in [5, 5.41) is 10.9. The van der Waals surface area contributed by atoms with Crippen LogP contribution in [0.15, 0.2) is 35.3 Å². The summed E-state index contributed by atoms with van der Waals surface area (Å²) in [6.07, 6.45) is 3.94. The number of aromatic nitrogens is 3. The Hall–Kier alpha value is -3.67. The minimum atomic E-state index is -3.26. The van der Waals surface area contributed by atoms with E-state index in [1.807, 2.05) is 6.07 Å². The third-order valence-corrected chi connectivity index (χ3v) is 10.2. The molecular formula is C25H26N4O7S. The fourth-order valence-electron chi connectivity index (χ4n) is 4.64. The average molecular weight is 527 g/mol. The molecule has 37 heavy (non-hydrogen) atoms. The number of benzene rings is 1. The van der Waals surface area contributed by atoms with Crippen LogP contribution in [-0.2, 0) is 23.4 Å². The SMILES string of the molecule is Cn1c(=O)c(C(=O)NCc2ccc3c(c2)OCCO3)cc2cnnc(OCC3(S(=O)(=O)C4CC4)CC3)c21. The number of fused-ring (bicyclic) bond motifs is 2. The minimum absolute atomic E-state index is 0.0361. The van der Waals surface area contributed by atoms with Crippen LogP contribution < -0.4 is 25.1 Å². The first-order valence-corrected chi connectivity index (χ1v) is 13.7. The van der Waals surface area contributed by atoms with Gasteiger partial charge in [0.25, 0.3) is 17.3 Å². The van der Waals surface area contributed by atoms with Crippen LogP contribution in [0.3, 0.4) is 0 Å². The van der Waals surface area contributed by atoms with Gasteiger partial charge in [-0.25, -0.2) is 8.42 Å². The van der Waals surface area contributed by atoms with E-state index in [4.69, 9.17) is 14.2 Å². The van der Waals surface area contributed by atoms with Crippen molar-refractivity contribution < 1.29 is 27.4 Å². The Morgan fingerprint density at radius 2 is 1.95 bits per heavy atom. The predicted octanol–water partition coefficient (Wildman–Crippen LogP) is 1.52. The number of pyridine rings is 1. The van der Waals surface area contributed by atoms with Gasteiger partial charge in [0, 0.05) is 19.0 Å². The number of carbonyl (C=O) groups is 1. The molecule has 2 aromatic heterocycles. The van der Waals surface area contributed by atoms with Gasteiger partial charge in [-0.1, -0.05) is 6.07 Å². The number of carbonyl (C=O) groups excluding carboxylic acids is 1. The van der Waals surface area contributed by atoms with Crippen LogP contribution in [0.1, 0.15) is 41.6 Å². The lowest BCUT2D eigenvalue weighted by Gasteiger charge is -2.19. The molecule has 3 heterocycles. The van der Waals surface area contributed by atoms with Gasteiger partial charge in [0.2, 0.25) is 0 Å². The van der Waals surface area contributed by atoms with Crippen molar-refractivity contribution in [2.75, 3.05) is 19.8 Å². The van der Waals surface area contributed by atoms with Gasteiger partial charge >= 0.3 is 0 Å². The molecule has 3 aliphatic rings. The molecule has 11 nitrogen and oxygen atoms in total. The number of aryl methyl sites for hydroxylation is 1. The van der Waals surface area contributed by atoms with Crippen LogP contribution in [0.25, 0.3) is 10.9 Å².